The number of fused-ring (bicyclic) bond motifs is 1. The third-order valence-electron chi connectivity index (χ3n) is 7.86. The molecule has 0 radical (unpaired) electrons. The van der Waals surface area contributed by atoms with E-state index in [-0.39, 0.29) is 11.6 Å². The highest BCUT2D eigenvalue weighted by atomic mass is 16.4. The zero-order valence-electron chi connectivity index (χ0n) is 23.8. The van der Waals surface area contributed by atoms with Gasteiger partial charge in [0, 0.05) is 26.1 Å². The number of aromatic nitrogens is 3. The van der Waals surface area contributed by atoms with Gasteiger partial charge in [-0.25, -0.2) is 19.6 Å². The average molecular weight is 560 g/mol. The molecule has 212 valence electrons. The number of aromatic carboxylic acids is 1. The first-order valence-corrected chi connectivity index (χ1v) is 14.3. The van der Waals surface area contributed by atoms with Crippen LogP contribution < -0.4 is 4.90 Å². The Morgan fingerprint density at radius 3 is 2.33 bits per heavy atom. The molecule has 5 aromatic rings. The van der Waals surface area contributed by atoms with E-state index in [0.29, 0.717) is 25.2 Å². The van der Waals surface area contributed by atoms with Gasteiger partial charge in [0.1, 0.15) is 11.3 Å². The van der Waals surface area contributed by atoms with E-state index in [1.807, 2.05) is 89.5 Å². The molecule has 1 saturated heterocycles. The molecule has 3 heterocycles. The Kier molecular flexibility index (Phi) is 7.44. The lowest BCUT2D eigenvalue weighted by Gasteiger charge is -2.36. The summed E-state index contributed by atoms with van der Waals surface area (Å²) in [7, 11) is 0. The number of imidazole rings is 1. The number of amides is 2. The van der Waals surface area contributed by atoms with Gasteiger partial charge in [-0.1, -0.05) is 79.7 Å². The fraction of sp³-hybridized carbons (Fsp3) is 0.235. The molecule has 0 spiro atoms. The molecule has 3 aromatic carbocycles. The van der Waals surface area contributed by atoms with Crippen molar-refractivity contribution >= 4 is 28.9 Å². The Labute approximate surface area is 244 Å². The zero-order chi connectivity index (χ0) is 29.2. The summed E-state index contributed by atoms with van der Waals surface area (Å²) in [6.45, 7) is 6.58. The lowest BCUT2D eigenvalue weighted by Crippen LogP contribution is -2.49. The smallest absolute Gasteiger partial charge is 0.336 e. The van der Waals surface area contributed by atoms with Crippen LogP contribution in [0, 0.1) is 6.92 Å². The van der Waals surface area contributed by atoms with Crippen molar-refractivity contribution < 1.29 is 14.7 Å². The maximum absolute atomic E-state index is 13.5. The second kappa shape index (κ2) is 11.5. The molecule has 0 bridgehead atoms. The van der Waals surface area contributed by atoms with Gasteiger partial charge in [-0.05, 0) is 47.7 Å². The Bertz CT molecular complexity index is 1760. The fourth-order valence-electron chi connectivity index (χ4n) is 5.73. The maximum Gasteiger partial charge on any atom is 0.336 e. The Hall–Kier alpha value is -4.98. The monoisotopic (exact) mass is 559 g/mol. The molecule has 0 saturated carbocycles. The topological polar surface area (TPSA) is 91.6 Å². The SMILES string of the molecule is CCc1nc2cc(N3CCCN(Cc4ccccc4)C3=O)c(C)nc2n1Cc1ccc(-c2ccccc2C(=O)O)cc1. The number of anilines is 1. The zero-order valence-corrected chi connectivity index (χ0v) is 23.8. The van der Waals surface area contributed by atoms with E-state index in [1.165, 1.54) is 0 Å². The molecule has 0 unspecified atom stereocenters. The number of benzene rings is 3. The van der Waals surface area contributed by atoms with E-state index in [2.05, 4.69) is 11.5 Å². The molecule has 2 aromatic heterocycles. The second-order valence-corrected chi connectivity index (χ2v) is 10.6. The van der Waals surface area contributed by atoms with Crippen molar-refractivity contribution in [3.05, 3.63) is 113 Å². The van der Waals surface area contributed by atoms with E-state index in [1.54, 1.807) is 12.1 Å². The lowest BCUT2D eigenvalue weighted by atomic mass is 9.99. The first-order valence-electron chi connectivity index (χ1n) is 14.3. The summed E-state index contributed by atoms with van der Waals surface area (Å²) in [6, 6.07) is 27.1. The van der Waals surface area contributed by atoms with Crippen LogP contribution in [0.15, 0.2) is 84.9 Å². The highest BCUT2D eigenvalue weighted by Crippen LogP contribution is 2.29. The number of nitrogens with zero attached hydrogens (tertiary/aromatic N) is 5. The average Bonchev–Trinajstić information content (AvgIpc) is 3.34. The van der Waals surface area contributed by atoms with E-state index in [0.717, 1.165) is 64.4 Å². The minimum atomic E-state index is -0.942. The van der Waals surface area contributed by atoms with Crippen LogP contribution >= 0.6 is 0 Å². The van der Waals surface area contributed by atoms with E-state index >= 15 is 0 Å². The van der Waals surface area contributed by atoms with Gasteiger partial charge in [0.15, 0.2) is 5.65 Å². The third kappa shape index (κ3) is 5.23. The summed E-state index contributed by atoms with van der Waals surface area (Å²) >= 11 is 0. The van der Waals surface area contributed by atoms with Gasteiger partial charge >= 0.3 is 12.0 Å². The number of aryl methyl sites for hydroxylation is 2. The molecule has 1 N–H and O–H groups in total. The maximum atomic E-state index is 13.5. The number of carbonyl (C=O) groups excluding carboxylic acids is 1. The predicted octanol–water partition coefficient (Wildman–Crippen LogP) is 6.55. The largest absolute Gasteiger partial charge is 0.478 e. The number of hydrogen-bond donors (Lipinski definition) is 1. The number of carboxylic acids is 1. The first-order chi connectivity index (χ1) is 20.4. The first kappa shape index (κ1) is 27.2. The van der Waals surface area contributed by atoms with Crippen molar-refractivity contribution in [1.29, 1.82) is 0 Å². The summed E-state index contributed by atoms with van der Waals surface area (Å²) in [4.78, 5) is 38.9. The molecular formula is C34H33N5O3. The molecule has 0 aliphatic carbocycles. The van der Waals surface area contributed by atoms with Crippen molar-refractivity contribution in [2.45, 2.75) is 39.8 Å². The molecule has 8 heteroatoms. The van der Waals surface area contributed by atoms with Crippen LogP contribution in [-0.2, 0) is 19.5 Å². The van der Waals surface area contributed by atoms with Crippen LogP contribution in [0.25, 0.3) is 22.3 Å². The second-order valence-electron chi connectivity index (χ2n) is 10.6. The summed E-state index contributed by atoms with van der Waals surface area (Å²) in [5.74, 6) is -0.0202. The van der Waals surface area contributed by atoms with Crippen molar-refractivity contribution in [1.82, 2.24) is 19.4 Å². The molecular weight excluding hydrogens is 526 g/mol. The van der Waals surface area contributed by atoms with Gasteiger partial charge in [0.25, 0.3) is 0 Å². The quantitative estimate of drug-likeness (QED) is 0.233. The van der Waals surface area contributed by atoms with Crippen LogP contribution in [-0.4, -0.2) is 49.6 Å². The molecule has 0 atom stereocenters. The van der Waals surface area contributed by atoms with Crippen LogP contribution in [0.2, 0.25) is 0 Å². The van der Waals surface area contributed by atoms with Crippen molar-refractivity contribution in [2.24, 2.45) is 0 Å². The van der Waals surface area contributed by atoms with Crippen molar-refractivity contribution in [3.63, 3.8) is 0 Å². The number of rotatable bonds is 8. The molecule has 1 fully saturated rings. The minimum absolute atomic E-state index is 0.00550. The number of carboxylic acid groups (broad SMARTS) is 1. The van der Waals surface area contributed by atoms with Crippen LogP contribution in [0.1, 0.15) is 46.3 Å². The molecule has 2 amide bonds. The van der Waals surface area contributed by atoms with E-state index in [4.69, 9.17) is 9.97 Å². The molecule has 1 aliphatic rings. The highest BCUT2D eigenvalue weighted by molar-refractivity contribution is 5.96. The number of hydrogen-bond acceptors (Lipinski definition) is 4. The van der Waals surface area contributed by atoms with Gasteiger partial charge in [-0.3, -0.25) is 4.90 Å². The molecule has 6 rings (SSSR count). The Balaban J connectivity index is 1.27. The molecule has 8 nitrogen and oxygen atoms in total. The Morgan fingerprint density at radius 2 is 1.60 bits per heavy atom. The van der Waals surface area contributed by atoms with Crippen molar-refractivity contribution in [3.8, 4) is 11.1 Å². The normalized spacial score (nSPS) is 13.6. The lowest BCUT2D eigenvalue weighted by molar-refractivity contribution is 0.0697. The summed E-state index contributed by atoms with van der Waals surface area (Å²) in [5, 5.41) is 9.58. The van der Waals surface area contributed by atoms with Gasteiger partial charge in [0.2, 0.25) is 0 Å². The van der Waals surface area contributed by atoms with Crippen molar-refractivity contribution in [2.75, 3.05) is 18.0 Å². The van der Waals surface area contributed by atoms with Crippen LogP contribution in [0.5, 0.6) is 0 Å². The summed E-state index contributed by atoms with van der Waals surface area (Å²) < 4.78 is 2.13. The van der Waals surface area contributed by atoms with Crippen LogP contribution in [0.4, 0.5) is 10.5 Å². The Morgan fingerprint density at radius 1 is 0.881 bits per heavy atom. The fourth-order valence-corrected chi connectivity index (χ4v) is 5.73. The predicted molar refractivity (Wildman–Crippen MR) is 164 cm³/mol. The number of pyridine rings is 1. The third-order valence-corrected chi connectivity index (χ3v) is 7.86. The van der Waals surface area contributed by atoms with Gasteiger partial charge in [0.05, 0.1) is 23.5 Å². The van der Waals surface area contributed by atoms with Gasteiger partial charge in [-0.15, -0.1) is 0 Å². The van der Waals surface area contributed by atoms with E-state index in [9.17, 15) is 14.7 Å². The minimum Gasteiger partial charge on any atom is -0.478 e. The highest BCUT2D eigenvalue weighted by Gasteiger charge is 2.29. The summed E-state index contributed by atoms with van der Waals surface area (Å²) in [5.41, 5.74) is 7.17. The van der Waals surface area contributed by atoms with Gasteiger partial charge in [-0.2, -0.15) is 0 Å². The molecule has 42 heavy (non-hydrogen) atoms. The van der Waals surface area contributed by atoms with E-state index < -0.39 is 5.97 Å². The van der Waals surface area contributed by atoms with Gasteiger partial charge < -0.3 is 14.6 Å². The van der Waals surface area contributed by atoms with Crippen LogP contribution in [0.3, 0.4) is 0 Å². The standard InChI is InChI=1S/C34H33N5O3/c1-3-31-36-29-20-30(38-19-9-18-37(34(38)42)21-24-10-5-4-6-11-24)23(2)35-32(29)39(31)22-25-14-16-26(17-15-25)27-12-7-8-13-28(27)33(40)41/h4-8,10-17,20H,3,9,18-19,21-22H2,1-2H3,(H,40,41). The number of carbonyl (C=O) groups is 2. The molecule has 1 aliphatic heterocycles. The summed E-state index contributed by atoms with van der Waals surface area (Å²) in [6.07, 6.45) is 1.62. The number of urea groups is 1.